The number of nitrogens with zero attached hydrogens (tertiary/aromatic N) is 1. The average Bonchev–Trinajstić information content (AvgIpc) is 2.42. The lowest BCUT2D eigenvalue weighted by atomic mass is 10.0. The summed E-state index contributed by atoms with van der Waals surface area (Å²) in [6, 6.07) is 8.89. The molecule has 106 valence electrons. The standard InChI is InChI=1S/C16H26N2O/c1-3-10-18-11-8-14(9-12-18)17-15-6-5-7-16(13-15)19-4-2/h5-7,13-14,17H,3-4,8-12H2,1-2H3. The summed E-state index contributed by atoms with van der Waals surface area (Å²) in [4.78, 5) is 2.56. The first-order chi connectivity index (χ1) is 9.31. The fourth-order valence-corrected chi connectivity index (χ4v) is 2.70. The zero-order valence-corrected chi connectivity index (χ0v) is 12.2. The van der Waals surface area contributed by atoms with Gasteiger partial charge in [-0.05, 0) is 44.9 Å². The van der Waals surface area contributed by atoms with Crippen LogP contribution >= 0.6 is 0 Å². The zero-order valence-electron chi connectivity index (χ0n) is 12.2. The van der Waals surface area contributed by atoms with E-state index in [-0.39, 0.29) is 0 Å². The minimum absolute atomic E-state index is 0.602. The lowest BCUT2D eigenvalue weighted by Crippen LogP contribution is -2.39. The number of ether oxygens (including phenoxy) is 1. The molecule has 19 heavy (non-hydrogen) atoms. The van der Waals surface area contributed by atoms with Crippen molar-refractivity contribution in [2.45, 2.75) is 39.2 Å². The van der Waals surface area contributed by atoms with Gasteiger partial charge in [0.05, 0.1) is 6.61 Å². The molecule has 0 amide bonds. The maximum Gasteiger partial charge on any atom is 0.121 e. The van der Waals surface area contributed by atoms with E-state index in [1.54, 1.807) is 0 Å². The second-order valence-corrected chi connectivity index (χ2v) is 5.22. The Labute approximate surface area is 116 Å². The van der Waals surface area contributed by atoms with E-state index in [0.717, 1.165) is 12.4 Å². The molecule has 0 spiro atoms. The molecule has 1 fully saturated rings. The van der Waals surface area contributed by atoms with Gasteiger partial charge in [-0.1, -0.05) is 13.0 Å². The Bertz CT molecular complexity index is 373. The van der Waals surface area contributed by atoms with E-state index in [0.29, 0.717) is 6.04 Å². The number of hydrogen-bond donors (Lipinski definition) is 1. The lowest BCUT2D eigenvalue weighted by Gasteiger charge is -2.32. The van der Waals surface area contributed by atoms with Crippen LogP contribution < -0.4 is 10.1 Å². The van der Waals surface area contributed by atoms with Gasteiger partial charge in [0.25, 0.3) is 0 Å². The van der Waals surface area contributed by atoms with Crippen molar-refractivity contribution < 1.29 is 4.74 Å². The maximum absolute atomic E-state index is 5.54. The van der Waals surface area contributed by atoms with Gasteiger partial charge in [-0.2, -0.15) is 0 Å². The summed E-state index contributed by atoms with van der Waals surface area (Å²) in [7, 11) is 0. The van der Waals surface area contributed by atoms with E-state index in [2.05, 4.69) is 35.3 Å². The quantitative estimate of drug-likeness (QED) is 0.850. The normalized spacial score (nSPS) is 17.4. The highest BCUT2D eigenvalue weighted by molar-refractivity contribution is 5.48. The summed E-state index contributed by atoms with van der Waals surface area (Å²) in [6.07, 6.45) is 3.73. The number of anilines is 1. The molecule has 1 N–H and O–H groups in total. The fraction of sp³-hybridized carbons (Fsp3) is 0.625. The third kappa shape index (κ3) is 4.43. The largest absolute Gasteiger partial charge is 0.494 e. The minimum Gasteiger partial charge on any atom is -0.494 e. The first-order valence-electron chi connectivity index (χ1n) is 7.53. The van der Waals surface area contributed by atoms with Gasteiger partial charge in [-0.15, -0.1) is 0 Å². The van der Waals surface area contributed by atoms with Gasteiger partial charge in [-0.25, -0.2) is 0 Å². The number of rotatable bonds is 6. The predicted molar refractivity (Wildman–Crippen MR) is 81.0 cm³/mol. The smallest absolute Gasteiger partial charge is 0.121 e. The maximum atomic E-state index is 5.54. The van der Waals surface area contributed by atoms with E-state index >= 15 is 0 Å². The van der Waals surface area contributed by atoms with Crippen molar-refractivity contribution in [2.24, 2.45) is 0 Å². The summed E-state index contributed by atoms with van der Waals surface area (Å²) in [6.45, 7) is 8.67. The molecule has 0 radical (unpaired) electrons. The minimum atomic E-state index is 0.602. The topological polar surface area (TPSA) is 24.5 Å². The second-order valence-electron chi connectivity index (χ2n) is 5.22. The highest BCUT2D eigenvalue weighted by Crippen LogP contribution is 2.21. The van der Waals surface area contributed by atoms with Gasteiger partial charge in [0.2, 0.25) is 0 Å². The molecule has 3 nitrogen and oxygen atoms in total. The summed E-state index contributed by atoms with van der Waals surface area (Å²) in [5.74, 6) is 0.955. The van der Waals surface area contributed by atoms with Gasteiger partial charge in [0, 0.05) is 30.9 Å². The van der Waals surface area contributed by atoms with E-state index in [4.69, 9.17) is 4.74 Å². The van der Waals surface area contributed by atoms with Crippen molar-refractivity contribution in [2.75, 3.05) is 31.6 Å². The first-order valence-corrected chi connectivity index (χ1v) is 7.53. The predicted octanol–water partition coefficient (Wildman–Crippen LogP) is 3.37. The SMILES string of the molecule is CCCN1CCC(Nc2cccc(OCC)c2)CC1. The third-order valence-electron chi connectivity index (χ3n) is 3.64. The molecule has 1 aliphatic rings. The van der Waals surface area contributed by atoms with Crippen molar-refractivity contribution in [3.63, 3.8) is 0 Å². The second kappa shape index (κ2) is 7.39. The summed E-state index contributed by atoms with van der Waals surface area (Å²) in [5.41, 5.74) is 1.18. The number of hydrogen-bond acceptors (Lipinski definition) is 3. The van der Waals surface area contributed by atoms with Crippen molar-refractivity contribution in [3.8, 4) is 5.75 Å². The van der Waals surface area contributed by atoms with Crippen LogP contribution in [-0.4, -0.2) is 37.2 Å². The molecule has 1 aromatic carbocycles. The molecule has 3 heteroatoms. The van der Waals surface area contributed by atoms with E-state index < -0.39 is 0 Å². The number of piperidine rings is 1. The Morgan fingerprint density at radius 2 is 2.05 bits per heavy atom. The molecule has 0 aromatic heterocycles. The average molecular weight is 262 g/mol. The Hall–Kier alpha value is -1.22. The zero-order chi connectivity index (χ0) is 13.5. The van der Waals surface area contributed by atoms with Gasteiger partial charge in [-0.3, -0.25) is 0 Å². The fourth-order valence-electron chi connectivity index (χ4n) is 2.70. The molecule has 2 rings (SSSR count). The van der Waals surface area contributed by atoms with Crippen LogP contribution in [0, 0.1) is 0 Å². The van der Waals surface area contributed by atoms with Crippen LogP contribution in [0.4, 0.5) is 5.69 Å². The van der Waals surface area contributed by atoms with Gasteiger partial charge in [0.15, 0.2) is 0 Å². The third-order valence-corrected chi connectivity index (χ3v) is 3.64. The van der Waals surface area contributed by atoms with Crippen LogP contribution in [0.1, 0.15) is 33.1 Å². The molecule has 0 saturated carbocycles. The highest BCUT2D eigenvalue weighted by Gasteiger charge is 2.18. The molecule has 1 aromatic rings. The van der Waals surface area contributed by atoms with Crippen molar-refractivity contribution >= 4 is 5.69 Å². The van der Waals surface area contributed by atoms with Crippen molar-refractivity contribution in [1.82, 2.24) is 4.90 Å². The number of benzene rings is 1. The van der Waals surface area contributed by atoms with E-state index in [1.165, 1.54) is 44.6 Å². The monoisotopic (exact) mass is 262 g/mol. The molecule has 0 aliphatic carbocycles. The van der Waals surface area contributed by atoms with Crippen LogP contribution in [-0.2, 0) is 0 Å². The Balaban J connectivity index is 1.83. The Morgan fingerprint density at radius 1 is 1.26 bits per heavy atom. The highest BCUT2D eigenvalue weighted by atomic mass is 16.5. The van der Waals surface area contributed by atoms with Gasteiger partial charge >= 0.3 is 0 Å². The van der Waals surface area contributed by atoms with Crippen LogP contribution in [0.2, 0.25) is 0 Å². The van der Waals surface area contributed by atoms with Crippen molar-refractivity contribution in [1.29, 1.82) is 0 Å². The van der Waals surface area contributed by atoms with Crippen LogP contribution in [0.15, 0.2) is 24.3 Å². The molecular formula is C16H26N2O. The molecular weight excluding hydrogens is 236 g/mol. The molecule has 0 bridgehead atoms. The summed E-state index contributed by atoms with van der Waals surface area (Å²) < 4.78 is 5.54. The van der Waals surface area contributed by atoms with E-state index in [9.17, 15) is 0 Å². The molecule has 1 saturated heterocycles. The lowest BCUT2D eigenvalue weighted by molar-refractivity contribution is 0.219. The molecule has 1 heterocycles. The number of likely N-dealkylation sites (tertiary alicyclic amines) is 1. The van der Waals surface area contributed by atoms with Crippen LogP contribution in [0.25, 0.3) is 0 Å². The molecule has 0 unspecified atom stereocenters. The van der Waals surface area contributed by atoms with Crippen LogP contribution in [0.3, 0.4) is 0 Å². The van der Waals surface area contributed by atoms with Crippen molar-refractivity contribution in [3.05, 3.63) is 24.3 Å². The van der Waals surface area contributed by atoms with Crippen LogP contribution in [0.5, 0.6) is 5.75 Å². The van der Waals surface area contributed by atoms with Gasteiger partial charge in [0.1, 0.15) is 5.75 Å². The summed E-state index contributed by atoms with van der Waals surface area (Å²) >= 11 is 0. The Morgan fingerprint density at radius 3 is 2.74 bits per heavy atom. The number of nitrogens with one attached hydrogen (secondary N) is 1. The first kappa shape index (κ1) is 14.2. The van der Waals surface area contributed by atoms with Gasteiger partial charge < -0.3 is 15.0 Å². The summed E-state index contributed by atoms with van der Waals surface area (Å²) in [5, 5.41) is 3.64. The van der Waals surface area contributed by atoms with E-state index in [1.807, 2.05) is 13.0 Å². The molecule has 1 aliphatic heterocycles. The Kier molecular flexibility index (Phi) is 5.52. The molecule has 0 atom stereocenters.